The summed E-state index contributed by atoms with van der Waals surface area (Å²) in [6.07, 6.45) is -4.70. The molecule has 0 saturated heterocycles. The number of H-pyrrole nitrogens is 1. The van der Waals surface area contributed by atoms with Gasteiger partial charge in [0, 0.05) is 11.6 Å². The third-order valence-electron chi connectivity index (χ3n) is 1.98. The van der Waals surface area contributed by atoms with Crippen LogP contribution in [0, 0.1) is 0 Å². The number of nitrogen functional groups attached to an aromatic ring is 1. The minimum atomic E-state index is -4.70. The van der Waals surface area contributed by atoms with Gasteiger partial charge in [-0.1, -0.05) is 12.1 Å². The van der Waals surface area contributed by atoms with Crippen LogP contribution < -0.4 is 10.5 Å². The Morgan fingerprint density at radius 1 is 1.22 bits per heavy atom. The molecule has 0 saturated carbocycles. The van der Waals surface area contributed by atoms with E-state index in [1.54, 1.807) is 6.07 Å². The summed E-state index contributed by atoms with van der Waals surface area (Å²) in [5.41, 5.74) is 6.44. The monoisotopic (exact) mass is 279 g/mol. The van der Waals surface area contributed by atoms with Crippen LogP contribution in [0.15, 0.2) is 30.3 Å². The van der Waals surface area contributed by atoms with Gasteiger partial charge in [0.15, 0.2) is 0 Å². The van der Waals surface area contributed by atoms with Gasteiger partial charge in [0.05, 0.1) is 5.69 Å². The largest absolute Gasteiger partial charge is 0.573 e. The lowest BCUT2D eigenvalue weighted by Gasteiger charge is -2.09. The van der Waals surface area contributed by atoms with Crippen molar-refractivity contribution >= 4 is 18.2 Å². The highest BCUT2D eigenvalue weighted by Gasteiger charge is 2.31. The van der Waals surface area contributed by atoms with Gasteiger partial charge in [-0.3, -0.25) is 5.10 Å². The van der Waals surface area contributed by atoms with E-state index < -0.39 is 6.36 Å². The normalized spacial score (nSPS) is 10.8. The number of aromatic nitrogens is 2. The van der Waals surface area contributed by atoms with Crippen LogP contribution in [0.2, 0.25) is 0 Å². The van der Waals surface area contributed by atoms with Crippen molar-refractivity contribution in [2.75, 3.05) is 5.73 Å². The molecular weight excluding hydrogens is 271 g/mol. The van der Waals surface area contributed by atoms with Gasteiger partial charge in [0.2, 0.25) is 0 Å². The summed E-state index contributed by atoms with van der Waals surface area (Å²) in [7, 11) is 0. The third kappa shape index (κ3) is 3.56. The number of nitrogens with one attached hydrogen (secondary N) is 1. The van der Waals surface area contributed by atoms with Crippen molar-refractivity contribution in [1.29, 1.82) is 0 Å². The van der Waals surface area contributed by atoms with Gasteiger partial charge in [0.1, 0.15) is 11.6 Å². The lowest BCUT2D eigenvalue weighted by Crippen LogP contribution is -2.17. The topological polar surface area (TPSA) is 63.9 Å². The van der Waals surface area contributed by atoms with Crippen molar-refractivity contribution in [3.05, 3.63) is 30.3 Å². The highest BCUT2D eigenvalue weighted by Crippen LogP contribution is 2.27. The SMILES string of the molecule is Cl.Nc1cc(-c2cccc(OC(F)(F)F)c2)[nH]n1. The first-order valence-corrected chi connectivity index (χ1v) is 4.61. The fourth-order valence-corrected chi connectivity index (χ4v) is 1.35. The molecular formula is C10H9ClF3N3O. The number of alkyl halides is 3. The second-order valence-electron chi connectivity index (χ2n) is 3.28. The molecule has 2 aromatic rings. The third-order valence-corrected chi connectivity index (χ3v) is 1.98. The minimum Gasteiger partial charge on any atom is -0.406 e. The molecule has 0 aliphatic rings. The maximum Gasteiger partial charge on any atom is 0.573 e. The van der Waals surface area contributed by atoms with Gasteiger partial charge in [-0.25, -0.2) is 0 Å². The van der Waals surface area contributed by atoms with E-state index in [9.17, 15) is 13.2 Å². The number of nitrogens with two attached hydrogens (primary N) is 1. The van der Waals surface area contributed by atoms with Gasteiger partial charge in [-0.05, 0) is 12.1 Å². The van der Waals surface area contributed by atoms with Crippen LogP contribution in [0.25, 0.3) is 11.3 Å². The molecule has 1 heterocycles. The first-order valence-electron chi connectivity index (χ1n) is 4.61. The van der Waals surface area contributed by atoms with E-state index in [2.05, 4.69) is 14.9 Å². The average Bonchev–Trinajstić information content (AvgIpc) is 2.63. The molecule has 0 aliphatic carbocycles. The highest BCUT2D eigenvalue weighted by atomic mass is 35.5. The predicted molar refractivity (Wildman–Crippen MR) is 62.4 cm³/mol. The Morgan fingerprint density at radius 2 is 1.94 bits per heavy atom. The number of ether oxygens (including phenoxy) is 1. The standard InChI is InChI=1S/C10H8F3N3O.ClH/c11-10(12,13)17-7-3-1-2-6(4-7)8-5-9(14)16-15-8;/h1-5H,(H3,14,15,16);1H. The Morgan fingerprint density at radius 3 is 2.50 bits per heavy atom. The van der Waals surface area contributed by atoms with Crippen LogP contribution in [0.3, 0.4) is 0 Å². The zero-order chi connectivity index (χ0) is 12.5. The summed E-state index contributed by atoms with van der Waals surface area (Å²) in [4.78, 5) is 0. The lowest BCUT2D eigenvalue weighted by molar-refractivity contribution is -0.274. The molecule has 0 unspecified atom stereocenters. The molecule has 0 atom stereocenters. The molecule has 8 heteroatoms. The molecule has 0 spiro atoms. The van der Waals surface area contributed by atoms with Crippen molar-refractivity contribution in [1.82, 2.24) is 10.2 Å². The lowest BCUT2D eigenvalue weighted by atomic mass is 10.1. The van der Waals surface area contributed by atoms with E-state index in [1.807, 2.05) is 0 Å². The van der Waals surface area contributed by atoms with Crippen LogP contribution in [-0.4, -0.2) is 16.6 Å². The predicted octanol–water partition coefficient (Wildman–Crippen LogP) is 2.98. The summed E-state index contributed by atoms with van der Waals surface area (Å²) in [5.74, 6) is -0.0229. The molecule has 0 fully saturated rings. The quantitative estimate of drug-likeness (QED) is 0.888. The molecule has 18 heavy (non-hydrogen) atoms. The molecule has 0 radical (unpaired) electrons. The molecule has 0 bridgehead atoms. The Bertz CT molecular complexity index is 527. The van der Waals surface area contributed by atoms with Gasteiger partial charge in [-0.15, -0.1) is 25.6 Å². The van der Waals surface area contributed by atoms with Crippen LogP contribution in [0.1, 0.15) is 0 Å². The van der Waals surface area contributed by atoms with Gasteiger partial charge < -0.3 is 10.5 Å². The number of rotatable bonds is 2. The summed E-state index contributed by atoms with van der Waals surface area (Å²) in [6.45, 7) is 0. The number of halogens is 4. The second-order valence-corrected chi connectivity index (χ2v) is 3.28. The molecule has 1 aromatic heterocycles. The van der Waals surface area contributed by atoms with Gasteiger partial charge in [-0.2, -0.15) is 5.10 Å². The number of nitrogens with zero attached hydrogens (tertiary/aromatic N) is 1. The molecule has 3 N–H and O–H groups in total. The number of aromatic amines is 1. The summed E-state index contributed by atoms with van der Waals surface area (Å²) >= 11 is 0. The first-order chi connectivity index (χ1) is 7.94. The average molecular weight is 280 g/mol. The van der Waals surface area contributed by atoms with E-state index in [0.717, 1.165) is 0 Å². The number of hydrogen-bond acceptors (Lipinski definition) is 3. The smallest absolute Gasteiger partial charge is 0.406 e. The Kier molecular flexibility index (Phi) is 4.07. The Hall–Kier alpha value is -1.89. The summed E-state index contributed by atoms with van der Waals surface area (Å²) in [5, 5.41) is 6.29. The van der Waals surface area contributed by atoms with Crippen molar-refractivity contribution in [3.8, 4) is 17.0 Å². The van der Waals surface area contributed by atoms with E-state index in [4.69, 9.17) is 5.73 Å². The molecule has 0 aliphatic heterocycles. The van der Waals surface area contributed by atoms with Crippen LogP contribution in [0.4, 0.5) is 19.0 Å². The van der Waals surface area contributed by atoms with Crippen LogP contribution in [-0.2, 0) is 0 Å². The fraction of sp³-hybridized carbons (Fsp3) is 0.100. The van der Waals surface area contributed by atoms with E-state index in [0.29, 0.717) is 11.3 Å². The highest BCUT2D eigenvalue weighted by molar-refractivity contribution is 5.85. The zero-order valence-electron chi connectivity index (χ0n) is 8.86. The van der Waals surface area contributed by atoms with Crippen molar-refractivity contribution < 1.29 is 17.9 Å². The van der Waals surface area contributed by atoms with E-state index in [-0.39, 0.29) is 24.0 Å². The van der Waals surface area contributed by atoms with Crippen molar-refractivity contribution in [2.45, 2.75) is 6.36 Å². The van der Waals surface area contributed by atoms with Crippen molar-refractivity contribution in [2.24, 2.45) is 0 Å². The van der Waals surface area contributed by atoms with Crippen LogP contribution >= 0.6 is 12.4 Å². The molecule has 4 nitrogen and oxygen atoms in total. The molecule has 2 rings (SSSR count). The van der Waals surface area contributed by atoms with E-state index in [1.165, 1.54) is 24.3 Å². The molecule has 0 amide bonds. The minimum absolute atomic E-state index is 0. The fourth-order valence-electron chi connectivity index (χ4n) is 1.35. The van der Waals surface area contributed by atoms with Gasteiger partial charge >= 0.3 is 6.36 Å². The number of benzene rings is 1. The van der Waals surface area contributed by atoms with Crippen LogP contribution in [0.5, 0.6) is 5.75 Å². The van der Waals surface area contributed by atoms with E-state index >= 15 is 0 Å². The summed E-state index contributed by atoms with van der Waals surface area (Å²) in [6, 6.07) is 7.06. The first kappa shape index (κ1) is 14.2. The van der Waals surface area contributed by atoms with Crippen molar-refractivity contribution in [3.63, 3.8) is 0 Å². The molecule has 1 aromatic carbocycles. The summed E-state index contributed by atoms with van der Waals surface area (Å²) < 4.78 is 39.9. The maximum absolute atomic E-state index is 12.0. The molecule has 98 valence electrons. The Labute approximate surface area is 106 Å². The number of hydrogen-bond donors (Lipinski definition) is 2. The number of anilines is 1. The second kappa shape index (κ2) is 5.18. The maximum atomic E-state index is 12.0. The zero-order valence-corrected chi connectivity index (χ0v) is 9.68. The van der Waals surface area contributed by atoms with Gasteiger partial charge in [0.25, 0.3) is 0 Å². The Balaban J connectivity index is 0.00000162.